The van der Waals surface area contributed by atoms with E-state index in [9.17, 15) is 4.79 Å². The Morgan fingerprint density at radius 1 is 1.53 bits per heavy atom. The van der Waals surface area contributed by atoms with Gasteiger partial charge in [0, 0.05) is 24.7 Å². The van der Waals surface area contributed by atoms with Crippen LogP contribution in [0.15, 0.2) is 10.7 Å². The van der Waals surface area contributed by atoms with Crippen LogP contribution in [-0.2, 0) is 24.8 Å². The third-order valence-electron chi connectivity index (χ3n) is 3.06. The van der Waals surface area contributed by atoms with Gasteiger partial charge < -0.3 is 15.6 Å². The van der Waals surface area contributed by atoms with Gasteiger partial charge in [-0.2, -0.15) is 5.10 Å². The lowest BCUT2D eigenvalue weighted by atomic mass is 10.1. The molecule has 0 saturated heterocycles. The summed E-state index contributed by atoms with van der Waals surface area (Å²) in [5.74, 6) is 1.13. The number of nitrogens with two attached hydrogens (primary N) is 1. The Balaban J connectivity index is 1.94. The highest BCUT2D eigenvalue weighted by Crippen LogP contribution is 2.13. The number of anilines is 1. The summed E-state index contributed by atoms with van der Waals surface area (Å²) in [5.41, 5.74) is 8.17. The number of hydrogen-bond acceptors (Lipinski definition) is 5. The van der Waals surface area contributed by atoms with Crippen LogP contribution in [0.1, 0.15) is 22.6 Å². The summed E-state index contributed by atoms with van der Waals surface area (Å²) in [6.45, 7) is 3.97. The number of nitrogens with zero attached hydrogens (tertiary/aromatic N) is 3. The summed E-state index contributed by atoms with van der Waals surface area (Å²) in [4.78, 5) is 11.9. The Hall–Kier alpha value is -2.31. The van der Waals surface area contributed by atoms with Crippen molar-refractivity contribution < 1.29 is 9.32 Å². The standard InChI is InChI=1S/C12H17N5O2/c1-7-10(8(2)19-16-7)4-11(18)14-5-9-6-15-17(3)12(9)13/h6H,4-5,13H2,1-3H3,(H,14,18). The van der Waals surface area contributed by atoms with Crippen LogP contribution in [0.2, 0.25) is 0 Å². The number of rotatable bonds is 4. The van der Waals surface area contributed by atoms with Crippen LogP contribution in [0, 0.1) is 13.8 Å². The van der Waals surface area contributed by atoms with Crippen molar-refractivity contribution in [1.29, 1.82) is 0 Å². The van der Waals surface area contributed by atoms with E-state index in [0.29, 0.717) is 18.1 Å². The molecule has 0 saturated carbocycles. The zero-order chi connectivity index (χ0) is 14.0. The molecule has 2 heterocycles. The van der Waals surface area contributed by atoms with E-state index < -0.39 is 0 Å². The van der Waals surface area contributed by atoms with Crippen molar-refractivity contribution in [2.45, 2.75) is 26.8 Å². The van der Waals surface area contributed by atoms with Gasteiger partial charge in [-0.3, -0.25) is 9.48 Å². The average molecular weight is 263 g/mol. The van der Waals surface area contributed by atoms with Gasteiger partial charge in [0.15, 0.2) is 0 Å². The topological polar surface area (TPSA) is 99.0 Å². The van der Waals surface area contributed by atoms with Crippen molar-refractivity contribution in [2.75, 3.05) is 5.73 Å². The third-order valence-corrected chi connectivity index (χ3v) is 3.06. The van der Waals surface area contributed by atoms with E-state index in [0.717, 1.165) is 16.8 Å². The number of amides is 1. The van der Waals surface area contributed by atoms with Crippen LogP contribution in [0.3, 0.4) is 0 Å². The highest BCUT2D eigenvalue weighted by atomic mass is 16.5. The number of aryl methyl sites for hydroxylation is 3. The summed E-state index contributed by atoms with van der Waals surface area (Å²) in [6, 6.07) is 0. The minimum absolute atomic E-state index is 0.0994. The molecule has 3 N–H and O–H groups in total. The van der Waals surface area contributed by atoms with Crippen LogP contribution in [-0.4, -0.2) is 20.8 Å². The fraction of sp³-hybridized carbons (Fsp3) is 0.417. The Morgan fingerprint density at radius 2 is 2.26 bits per heavy atom. The van der Waals surface area contributed by atoms with E-state index >= 15 is 0 Å². The first-order valence-electron chi connectivity index (χ1n) is 5.94. The molecule has 0 bridgehead atoms. The fourth-order valence-electron chi connectivity index (χ4n) is 1.80. The quantitative estimate of drug-likeness (QED) is 0.835. The SMILES string of the molecule is Cc1noc(C)c1CC(=O)NCc1cnn(C)c1N. The lowest BCUT2D eigenvalue weighted by Crippen LogP contribution is -2.25. The van der Waals surface area contributed by atoms with Gasteiger partial charge in [-0.05, 0) is 13.8 Å². The minimum Gasteiger partial charge on any atom is -0.384 e. The van der Waals surface area contributed by atoms with Gasteiger partial charge in [0.05, 0.1) is 18.3 Å². The van der Waals surface area contributed by atoms with E-state index in [1.165, 1.54) is 0 Å². The molecule has 0 radical (unpaired) electrons. The maximum Gasteiger partial charge on any atom is 0.224 e. The van der Waals surface area contributed by atoms with E-state index in [4.69, 9.17) is 10.3 Å². The summed E-state index contributed by atoms with van der Waals surface area (Å²) in [6.07, 6.45) is 1.90. The van der Waals surface area contributed by atoms with Crippen molar-refractivity contribution in [3.05, 3.63) is 28.8 Å². The van der Waals surface area contributed by atoms with Gasteiger partial charge in [0.1, 0.15) is 11.6 Å². The lowest BCUT2D eigenvalue weighted by molar-refractivity contribution is -0.120. The van der Waals surface area contributed by atoms with Crippen LogP contribution in [0.25, 0.3) is 0 Å². The molecule has 2 aromatic heterocycles. The summed E-state index contributed by atoms with van der Waals surface area (Å²) >= 11 is 0. The molecule has 19 heavy (non-hydrogen) atoms. The lowest BCUT2D eigenvalue weighted by Gasteiger charge is -2.04. The van der Waals surface area contributed by atoms with Gasteiger partial charge in [0.2, 0.25) is 5.91 Å². The van der Waals surface area contributed by atoms with E-state index in [1.54, 1.807) is 24.9 Å². The molecular weight excluding hydrogens is 246 g/mol. The number of hydrogen-bond donors (Lipinski definition) is 2. The van der Waals surface area contributed by atoms with Crippen molar-refractivity contribution in [3.8, 4) is 0 Å². The first-order valence-corrected chi connectivity index (χ1v) is 5.94. The zero-order valence-electron chi connectivity index (χ0n) is 11.2. The number of nitrogens with one attached hydrogen (secondary N) is 1. The molecule has 0 atom stereocenters. The Morgan fingerprint density at radius 3 is 2.79 bits per heavy atom. The van der Waals surface area contributed by atoms with Gasteiger partial charge in [-0.25, -0.2) is 0 Å². The average Bonchev–Trinajstić information content (AvgIpc) is 2.85. The molecule has 0 aliphatic rings. The zero-order valence-corrected chi connectivity index (χ0v) is 11.2. The highest BCUT2D eigenvalue weighted by molar-refractivity contribution is 5.79. The smallest absolute Gasteiger partial charge is 0.224 e. The number of aromatic nitrogens is 3. The fourth-order valence-corrected chi connectivity index (χ4v) is 1.80. The number of carbonyl (C=O) groups is 1. The molecule has 2 aromatic rings. The summed E-state index contributed by atoms with van der Waals surface area (Å²) in [5, 5.41) is 10.6. The molecule has 0 aliphatic carbocycles. The van der Waals surface area contributed by atoms with Gasteiger partial charge in [0.25, 0.3) is 0 Å². The normalized spacial score (nSPS) is 10.7. The first-order chi connectivity index (χ1) is 8.99. The summed E-state index contributed by atoms with van der Waals surface area (Å²) < 4.78 is 6.58. The molecule has 0 spiro atoms. The van der Waals surface area contributed by atoms with Crippen molar-refractivity contribution >= 4 is 11.7 Å². The molecule has 102 valence electrons. The maximum atomic E-state index is 11.9. The molecule has 0 aliphatic heterocycles. The Kier molecular flexibility index (Phi) is 3.55. The number of carbonyl (C=O) groups excluding carboxylic acids is 1. The van der Waals surface area contributed by atoms with E-state index in [1.807, 2.05) is 6.92 Å². The van der Waals surface area contributed by atoms with Crippen LogP contribution in [0.4, 0.5) is 5.82 Å². The van der Waals surface area contributed by atoms with Crippen LogP contribution < -0.4 is 11.1 Å². The van der Waals surface area contributed by atoms with Gasteiger partial charge in [-0.15, -0.1) is 0 Å². The second-order valence-electron chi connectivity index (χ2n) is 4.43. The Bertz CT molecular complexity index is 580. The van der Waals surface area contributed by atoms with E-state index in [-0.39, 0.29) is 12.3 Å². The molecule has 0 fully saturated rings. The predicted octanol–water partition coefficient (Wildman–Crippen LogP) is 0.466. The molecule has 0 unspecified atom stereocenters. The molecule has 1 amide bonds. The van der Waals surface area contributed by atoms with Crippen molar-refractivity contribution in [1.82, 2.24) is 20.3 Å². The molecule has 7 heteroatoms. The molecular formula is C12H17N5O2. The third kappa shape index (κ3) is 2.75. The van der Waals surface area contributed by atoms with Crippen LogP contribution >= 0.6 is 0 Å². The molecule has 0 aromatic carbocycles. The van der Waals surface area contributed by atoms with Crippen molar-refractivity contribution in [2.24, 2.45) is 7.05 Å². The first kappa shape index (κ1) is 13.1. The second-order valence-corrected chi connectivity index (χ2v) is 4.43. The predicted molar refractivity (Wildman–Crippen MR) is 69.1 cm³/mol. The Labute approximate surface area is 110 Å². The second kappa shape index (κ2) is 5.13. The number of nitrogen functional groups attached to an aromatic ring is 1. The highest BCUT2D eigenvalue weighted by Gasteiger charge is 2.14. The van der Waals surface area contributed by atoms with Gasteiger partial charge >= 0.3 is 0 Å². The largest absolute Gasteiger partial charge is 0.384 e. The summed E-state index contributed by atoms with van der Waals surface area (Å²) in [7, 11) is 1.75. The maximum absolute atomic E-state index is 11.9. The molecule has 7 nitrogen and oxygen atoms in total. The van der Waals surface area contributed by atoms with E-state index in [2.05, 4.69) is 15.6 Å². The monoisotopic (exact) mass is 263 g/mol. The minimum atomic E-state index is -0.0994. The molecule has 2 rings (SSSR count). The van der Waals surface area contributed by atoms with Crippen LogP contribution in [0.5, 0.6) is 0 Å². The van der Waals surface area contributed by atoms with Crippen molar-refractivity contribution in [3.63, 3.8) is 0 Å². The van der Waals surface area contributed by atoms with Gasteiger partial charge in [-0.1, -0.05) is 5.16 Å².